The van der Waals surface area contributed by atoms with E-state index in [0.29, 0.717) is 12.1 Å². The number of rotatable bonds is 5. The van der Waals surface area contributed by atoms with Crippen molar-refractivity contribution < 1.29 is 9.21 Å². The Morgan fingerprint density at radius 3 is 2.54 bits per heavy atom. The van der Waals surface area contributed by atoms with E-state index in [4.69, 9.17) is 4.42 Å². The van der Waals surface area contributed by atoms with Gasteiger partial charge in [0.15, 0.2) is 5.65 Å². The molecule has 0 unspecified atom stereocenters. The minimum atomic E-state index is -0.0344. The van der Waals surface area contributed by atoms with Gasteiger partial charge in [-0.05, 0) is 59.7 Å². The minimum absolute atomic E-state index is 0.0344. The summed E-state index contributed by atoms with van der Waals surface area (Å²) in [4.78, 5) is 19.8. The number of hydrogen-bond donors (Lipinski definition) is 0. The molecule has 26 heavy (non-hydrogen) atoms. The summed E-state index contributed by atoms with van der Waals surface area (Å²) >= 11 is 0. The van der Waals surface area contributed by atoms with Crippen LogP contribution in [-0.2, 0) is 6.54 Å². The van der Waals surface area contributed by atoms with Crippen molar-refractivity contribution in [2.24, 2.45) is 0 Å². The number of fused-ring (bicyclic) bond motifs is 1. The molecule has 0 aliphatic rings. The van der Waals surface area contributed by atoms with E-state index < -0.39 is 0 Å². The van der Waals surface area contributed by atoms with Gasteiger partial charge < -0.3 is 9.32 Å². The SMILES string of the molecule is Cc1cc(C(=O)N(Cc2ccc(C)o2)C(C)C)c2cnn(C(C)C)c2n1. The molecule has 1 amide bonds. The molecule has 0 aromatic carbocycles. The van der Waals surface area contributed by atoms with Gasteiger partial charge in [-0.2, -0.15) is 5.10 Å². The van der Waals surface area contributed by atoms with E-state index in [2.05, 4.69) is 23.9 Å². The maximum absolute atomic E-state index is 13.4. The minimum Gasteiger partial charge on any atom is -0.464 e. The number of carbonyl (C=O) groups excluding carboxylic acids is 1. The predicted octanol–water partition coefficient (Wildman–Crippen LogP) is 4.27. The lowest BCUT2D eigenvalue weighted by Gasteiger charge is -2.26. The Bertz CT molecular complexity index is 937. The number of amides is 1. The summed E-state index contributed by atoms with van der Waals surface area (Å²) in [6.45, 7) is 12.4. The molecule has 0 bridgehead atoms. The second-order valence-corrected chi connectivity index (χ2v) is 7.27. The summed E-state index contributed by atoms with van der Waals surface area (Å²) in [5.41, 5.74) is 2.19. The summed E-state index contributed by atoms with van der Waals surface area (Å²) < 4.78 is 7.53. The van der Waals surface area contributed by atoms with E-state index in [9.17, 15) is 4.79 Å². The van der Waals surface area contributed by atoms with Crippen molar-refractivity contribution in [2.45, 2.75) is 60.2 Å². The van der Waals surface area contributed by atoms with Gasteiger partial charge in [0.1, 0.15) is 11.5 Å². The van der Waals surface area contributed by atoms with Crippen molar-refractivity contribution >= 4 is 16.9 Å². The number of pyridine rings is 1. The fourth-order valence-electron chi connectivity index (χ4n) is 3.08. The van der Waals surface area contributed by atoms with Crippen LogP contribution < -0.4 is 0 Å². The highest BCUT2D eigenvalue weighted by atomic mass is 16.3. The Labute approximate surface area is 153 Å². The lowest BCUT2D eigenvalue weighted by atomic mass is 10.1. The molecule has 3 heterocycles. The van der Waals surface area contributed by atoms with Gasteiger partial charge in [-0.3, -0.25) is 4.79 Å². The van der Waals surface area contributed by atoms with E-state index in [1.807, 2.05) is 55.5 Å². The molecule has 138 valence electrons. The monoisotopic (exact) mass is 354 g/mol. The third-order valence-electron chi connectivity index (χ3n) is 4.42. The first-order valence-electron chi connectivity index (χ1n) is 8.99. The average Bonchev–Trinajstić information content (AvgIpc) is 3.16. The Morgan fingerprint density at radius 1 is 1.23 bits per heavy atom. The summed E-state index contributed by atoms with van der Waals surface area (Å²) in [5.74, 6) is 1.59. The van der Waals surface area contributed by atoms with Crippen molar-refractivity contribution in [1.82, 2.24) is 19.7 Å². The van der Waals surface area contributed by atoms with Crippen LogP contribution in [0.15, 0.2) is 28.8 Å². The molecule has 0 fully saturated rings. The molecule has 0 N–H and O–H groups in total. The van der Waals surface area contributed by atoms with E-state index in [0.717, 1.165) is 28.2 Å². The molecule has 0 spiro atoms. The van der Waals surface area contributed by atoms with E-state index in [1.165, 1.54) is 0 Å². The zero-order chi connectivity index (χ0) is 19.0. The van der Waals surface area contributed by atoms with Crippen LogP contribution in [-0.4, -0.2) is 31.6 Å². The fourth-order valence-corrected chi connectivity index (χ4v) is 3.08. The largest absolute Gasteiger partial charge is 0.464 e. The van der Waals surface area contributed by atoms with Gasteiger partial charge in [0, 0.05) is 17.8 Å². The number of nitrogens with zero attached hydrogens (tertiary/aromatic N) is 4. The van der Waals surface area contributed by atoms with Gasteiger partial charge in [0.25, 0.3) is 5.91 Å². The number of aromatic nitrogens is 3. The first-order chi connectivity index (χ1) is 12.3. The number of furan rings is 1. The predicted molar refractivity (Wildman–Crippen MR) is 101 cm³/mol. The van der Waals surface area contributed by atoms with Gasteiger partial charge in [-0.1, -0.05) is 0 Å². The molecule has 0 radical (unpaired) electrons. The topological polar surface area (TPSA) is 64.2 Å². The number of aryl methyl sites for hydroxylation is 2. The first-order valence-corrected chi connectivity index (χ1v) is 8.99. The van der Waals surface area contributed by atoms with Gasteiger partial charge in [0.05, 0.1) is 23.7 Å². The quantitative estimate of drug-likeness (QED) is 0.686. The third kappa shape index (κ3) is 3.36. The van der Waals surface area contributed by atoms with Crippen molar-refractivity contribution in [3.8, 4) is 0 Å². The van der Waals surface area contributed by atoms with Crippen LogP contribution in [0.25, 0.3) is 11.0 Å². The Hall–Kier alpha value is -2.63. The fraction of sp³-hybridized carbons (Fsp3) is 0.450. The van der Waals surface area contributed by atoms with Gasteiger partial charge in [0.2, 0.25) is 0 Å². The second-order valence-electron chi connectivity index (χ2n) is 7.27. The summed E-state index contributed by atoms with van der Waals surface area (Å²) in [7, 11) is 0. The highest BCUT2D eigenvalue weighted by molar-refractivity contribution is 6.05. The molecular formula is C20H26N4O2. The first kappa shape index (κ1) is 18.2. The molecule has 6 heteroatoms. The molecule has 0 saturated heterocycles. The maximum Gasteiger partial charge on any atom is 0.255 e. The van der Waals surface area contributed by atoms with Crippen molar-refractivity contribution in [3.63, 3.8) is 0 Å². The summed E-state index contributed by atoms with van der Waals surface area (Å²) in [6, 6.07) is 5.90. The molecular weight excluding hydrogens is 328 g/mol. The van der Waals surface area contributed by atoms with Gasteiger partial charge >= 0.3 is 0 Å². The Kier molecular flexibility index (Phi) is 4.85. The molecule has 0 aliphatic heterocycles. The van der Waals surface area contributed by atoms with Crippen molar-refractivity contribution in [3.05, 3.63) is 47.2 Å². The van der Waals surface area contributed by atoms with E-state index in [1.54, 1.807) is 6.20 Å². The second kappa shape index (κ2) is 6.94. The van der Waals surface area contributed by atoms with Gasteiger partial charge in [-0.25, -0.2) is 9.67 Å². The van der Waals surface area contributed by atoms with Crippen LogP contribution in [0.2, 0.25) is 0 Å². The highest BCUT2D eigenvalue weighted by Crippen LogP contribution is 2.24. The average molecular weight is 354 g/mol. The van der Waals surface area contributed by atoms with E-state index in [-0.39, 0.29) is 18.0 Å². The lowest BCUT2D eigenvalue weighted by molar-refractivity contribution is 0.0677. The smallest absolute Gasteiger partial charge is 0.255 e. The van der Waals surface area contributed by atoms with E-state index >= 15 is 0 Å². The highest BCUT2D eigenvalue weighted by Gasteiger charge is 2.24. The summed E-state index contributed by atoms with van der Waals surface area (Å²) in [5, 5.41) is 5.22. The van der Waals surface area contributed by atoms with Crippen LogP contribution in [0.5, 0.6) is 0 Å². The van der Waals surface area contributed by atoms with Crippen LogP contribution in [0, 0.1) is 13.8 Å². The third-order valence-corrected chi connectivity index (χ3v) is 4.42. The van der Waals surface area contributed by atoms with Crippen molar-refractivity contribution in [1.29, 1.82) is 0 Å². The van der Waals surface area contributed by atoms with Crippen LogP contribution >= 0.6 is 0 Å². The maximum atomic E-state index is 13.4. The molecule has 0 aliphatic carbocycles. The van der Waals surface area contributed by atoms with Crippen LogP contribution in [0.3, 0.4) is 0 Å². The standard InChI is InChI=1S/C20H26N4O2/c1-12(2)23(11-16-8-7-15(6)26-16)20(25)17-9-14(5)22-19-18(17)10-21-24(19)13(3)4/h7-10,12-13H,11H2,1-6H3. The van der Waals surface area contributed by atoms with Gasteiger partial charge in [-0.15, -0.1) is 0 Å². The molecule has 0 saturated carbocycles. The molecule has 3 rings (SSSR count). The molecule has 3 aromatic rings. The molecule has 3 aromatic heterocycles. The number of carbonyl (C=O) groups is 1. The lowest BCUT2D eigenvalue weighted by Crippen LogP contribution is -2.36. The Morgan fingerprint density at radius 2 is 1.96 bits per heavy atom. The Balaban J connectivity index is 2.04. The molecule has 6 nitrogen and oxygen atoms in total. The summed E-state index contributed by atoms with van der Waals surface area (Å²) in [6.07, 6.45) is 1.74. The number of hydrogen-bond acceptors (Lipinski definition) is 4. The normalized spacial score (nSPS) is 11.7. The van der Waals surface area contributed by atoms with Crippen molar-refractivity contribution in [2.75, 3.05) is 0 Å². The zero-order valence-corrected chi connectivity index (χ0v) is 16.3. The zero-order valence-electron chi connectivity index (χ0n) is 16.3. The van der Waals surface area contributed by atoms with Crippen LogP contribution in [0.1, 0.15) is 61.3 Å². The van der Waals surface area contributed by atoms with Crippen LogP contribution in [0.4, 0.5) is 0 Å². The molecule has 0 atom stereocenters.